The van der Waals surface area contributed by atoms with Gasteiger partial charge in [0, 0.05) is 89.2 Å². The van der Waals surface area contributed by atoms with Crippen molar-refractivity contribution >= 4 is 124 Å². The number of carbonyl (C=O) groups excluding carboxylic acids is 16. The molecule has 0 aliphatic carbocycles. The van der Waals surface area contributed by atoms with Crippen molar-refractivity contribution in [1.29, 1.82) is 0 Å². The Kier molecular flexibility index (Phi) is 39.6. The number of carboxylic acid groups (broad SMARTS) is 1. The molecule has 127 heavy (non-hydrogen) atoms. The fraction of sp³-hybridized carbons (Fsp3) is 0.511. The molecule has 2 aliphatic heterocycles. The highest BCUT2D eigenvalue weighted by Crippen LogP contribution is 2.28. The molecule has 0 radical (unpaired) electrons. The first-order valence-corrected chi connectivity index (χ1v) is 43.7. The summed E-state index contributed by atoms with van der Waals surface area (Å²) >= 11 is 0.770. The number of rotatable bonds is 50. The van der Waals surface area contributed by atoms with Crippen LogP contribution in [-0.4, -0.2) is 278 Å². The number of aromatic amines is 1. The van der Waals surface area contributed by atoms with E-state index in [-0.39, 0.29) is 115 Å². The van der Waals surface area contributed by atoms with Crippen LogP contribution >= 0.6 is 11.8 Å². The number of halogens is 1. The summed E-state index contributed by atoms with van der Waals surface area (Å²) in [5, 5.41) is 41.4. The lowest BCUT2D eigenvalue weighted by molar-refractivity contribution is -0.152. The van der Waals surface area contributed by atoms with Crippen molar-refractivity contribution in [1.82, 2.24) is 72.0 Å². The van der Waals surface area contributed by atoms with Gasteiger partial charge in [0.25, 0.3) is 0 Å². The minimum atomic E-state index is -1.63. The van der Waals surface area contributed by atoms with Crippen LogP contribution in [0, 0.1) is 17.7 Å². The molecular formula is C88H121FN18O19S. The third kappa shape index (κ3) is 29.9. The maximum absolute atomic E-state index is 15.3. The Morgan fingerprint density at radius 1 is 0.567 bits per heavy atom. The third-order valence-electron chi connectivity index (χ3n) is 22.5. The number of H-pyrrole nitrogens is 1. The summed E-state index contributed by atoms with van der Waals surface area (Å²) < 4.78 is 14.5. The summed E-state index contributed by atoms with van der Waals surface area (Å²) in [6.45, 7) is 8.07. The van der Waals surface area contributed by atoms with E-state index in [0.29, 0.717) is 52.4 Å². The SMILES string of the molecule is CCCC[C@@H](C(=O)N1CCC[C@@H]1C(=O)N[C@H](C=O)CC(=O)O)N(C)C(=O)[C@H](Cc1ccccc1)N(C)C(=O)[C@H](Cc1ccc(F)cc1)NC(=O)CSC[C@H](NC(=O)[C@H](CCCN)NC(=O)[C@H](Cc1ccc(O)cc1)NC(=O)[C@H](Cc1c[nH]c2ccccc12)NC(=O)[C@H]1CCCN1C(=O)[C@H](CCC(N)=O)NC(=O)[C@H](C(C)C)N(C)C(=O)[C@@H](N)C(C)C)C(=O)NCC(N)=O. The summed E-state index contributed by atoms with van der Waals surface area (Å²) in [5.41, 5.74) is 25.8. The standard InChI is InChI=1S/C88H121FN18O19S/c1-9-10-24-69(87(125)107-39-18-25-67(107)81(119)96-57(47-108)44-74(113)114)103(6)86(124)70(42-52-19-12-11-13-20-52)104(7)84(122)65(41-53-27-31-56(89)32-28-53)97-73(112)49-127-48-66(77(115)95-46-72(92)111)102-78(116)61(23-16-37-90)98-79(117)63(40-54-29-33-58(109)34-30-54)100-80(118)64(43-55-45-94-60-22-15-14-21-59(55)60)101-82(120)68-26-17-38-106(68)85(123)62(35-36-71(91)110)99-83(121)76(51(4)5)105(8)88(126)75(93)50(2)3/h11-15,19-22,27-34,45,47,50-51,57,61-70,75-76,94,109H,9-10,16-18,23-26,35-44,46,48-49,90,93H2,1-8H3,(H2,91,110)(H2,92,111)(H,95,115)(H,96,119)(H,97,112)(H,98,117)(H,99,121)(H,100,118)(H,101,120)(H,102,116)(H,113,114)/t57-,61-,62-,63-,64-,65-,66-,67+,68+,69-,70-,75-,76-/m0/s1. The molecule has 2 aliphatic rings. The van der Waals surface area contributed by atoms with Gasteiger partial charge >= 0.3 is 5.97 Å². The number of carbonyl (C=O) groups is 17. The molecule has 19 N–H and O–H groups in total. The second-order valence-electron chi connectivity index (χ2n) is 32.7. The van der Waals surface area contributed by atoms with Gasteiger partial charge in [-0.1, -0.05) is 120 Å². The number of amides is 15. The number of hydrogen-bond acceptors (Lipinski definition) is 21. The predicted molar refractivity (Wildman–Crippen MR) is 468 cm³/mol. The number of nitrogens with zero attached hydrogens (tertiary/aromatic N) is 5. The molecule has 1 aromatic heterocycles. The number of para-hydroxylation sites is 1. The number of likely N-dealkylation sites (tertiary alicyclic amines) is 2. The molecule has 0 unspecified atom stereocenters. The summed E-state index contributed by atoms with van der Waals surface area (Å²) in [6, 6.07) is 8.55. The van der Waals surface area contributed by atoms with Crippen molar-refractivity contribution in [2.75, 3.05) is 58.8 Å². The molecule has 39 heteroatoms. The topological polar surface area (TPSA) is 563 Å². The molecule has 3 heterocycles. The molecule has 0 bridgehead atoms. The second-order valence-corrected chi connectivity index (χ2v) is 33.8. The summed E-state index contributed by atoms with van der Waals surface area (Å²) in [5.74, 6) is -16.2. The zero-order chi connectivity index (χ0) is 93.5. The number of primary amides is 2. The molecule has 7 rings (SSSR count). The van der Waals surface area contributed by atoms with E-state index in [4.69, 9.17) is 22.9 Å². The molecule has 4 aromatic carbocycles. The van der Waals surface area contributed by atoms with Crippen LogP contribution in [0.5, 0.6) is 5.75 Å². The van der Waals surface area contributed by atoms with Crippen molar-refractivity contribution in [3.63, 3.8) is 0 Å². The van der Waals surface area contributed by atoms with Crippen LogP contribution in [0.1, 0.15) is 134 Å². The number of benzene rings is 4. The zero-order valence-electron chi connectivity index (χ0n) is 72.9. The van der Waals surface area contributed by atoms with E-state index in [1.807, 2.05) is 6.92 Å². The highest BCUT2D eigenvalue weighted by molar-refractivity contribution is 8.00. The Bertz CT molecular complexity index is 4680. The zero-order valence-corrected chi connectivity index (χ0v) is 73.7. The highest BCUT2D eigenvalue weighted by Gasteiger charge is 2.45. The average Bonchev–Trinajstić information content (AvgIpc) is 1.78. The van der Waals surface area contributed by atoms with Crippen molar-refractivity contribution in [3.05, 3.63) is 137 Å². The number of phenolic OH excluding ortho intramolecular Hbond substituents is 1. The number of aliphatic carboxylic acids is 1. The Morgan fingerprint density at radius 2 is 1.12 bits per heavy atom. The van der Waals surface area contributed by atoms with Gasteiger partial charge in [-0.3, -0.25) is 76.7 Å². The van der Waals surface area contributed by atoms with E-state index in [2.05, 4.69) is 47.5 Å². The normalized spacial score (nSPS) is 16.3. The van der Waals surface area contributed by atoms with Crippen LogP contribution in [0.3, 0.4) is 0 Å². The maximum Gasteiger partial charge on any atom is 0.305 e. The molecule has 13 atom stereocenters. The van der Waals surface area contributed by atoms with Crippen LogP contribution in [-0.2, 0) is 107 Å². The molecule has 2 saturated heterocycles. The fourth-order valence-corrected chi connectivity index (χ4v) is 16.3. The van der Waals surface area contributed by atoms with Crippen LogP contribution in [0.2, 0.25) is 0 Å². The van der Waals surface area contributed by atoms with Crippen LogP contribution in [0.4, 0.5) is 4.39 Å². The summed E-state index contributed by atoms with van der Waals surface area (Å²) in [6.07, 6.45) is 1.43. The second kappa shape index (κ2) is 49.5. The third-order valence-corrected chi connectivity index (χ3v) is 23.5. The smallest absolute Gasteiger partial charge is 0.305 e. The van der Waals surface area contributed by atoms with Crippen molar-refractivity contribution in [2.45, 2.75) is 216 Å². The van der Waals surface area contributed by atoms with Gasteiger partial charge in [0.05, 0.1) is 30.8 Å². The Hall–Kier alpha value is -12.4. The van der Waals surface area contributed by atoms with Crippen molar-refractivity contribution < 1.29 is 96.1 Å². The maximum atomic E-state index is 15.3. The van der Waals surface area contributed by atoms with Crippen LogP contribution < -0.4 is 65.5 Å². The van der Waals surface area contributed by atoms with Gasteiger partial charge in [0.15, 0.2) is 0 Å². The molecule has 690 valence electrons. The average molecular weight is 1790 g/mol. The number of phenols is 1. The number of carboxylic acids is 1. The molecule has 2 fully saturated rings. The molecule has 37 nitrogen and oxygen atoms in total. The number of aromatic nitrogens is 1. The van der Waals surface area contributed by atoms with Gasteiger partial charge < -0.3 is 110 Å². The predicted octanol–water partition coefficient (Wildman–Crippen LogP) is -0.0180. The van der Waals surface area contributed by atoms with E-state index in [9.17, 15) is 72.1 Å². The first-order chi connectivity index (χ1) is 60.4. The van der Waals surface area contributed by atoms with Gasteiger partial charge in [-0.2, -0.15) is 0 Å². The number of unbranched alkanes of at least 4 members (excludes halogenated alkanes) is 1. The van der Waals surface area contributed by atoms with E-state index in [1.54, 1.807) is 88.5 Å². The molecular weight excluding hydrogens is 1660 g/mol. The number of thioether (sulfide) groups is 1. The van der Waals surface area contributed by atoms with E-state index >= 15 is 24.0 Å². The van der Waals surface area contributed by atoms with Gasteiger partial charge in [0.2, 0.25) is 88.6 Å². The van der Waals surface area contributed by atoms with E-state index in [0.717, 1.165) is 28.8 Å². The highest BCUT2D eigenvalue weighted by atomic mass is 32.2. The first-order valence-electron chi connectivity index (χ1n) is 42.5. The van der Waals surface area contributed by atoms with Crippen LogP contribution in [0.25, 0.3) is 10.9 Å². The summed E-state index contributed by atoms with van der Waals surface area (Å²) in [4.78, 5) is 248. The minimum absolute atomic E-state index is 0.0121. The molecule has 15 amide bonds. The van der Waals surface area contributed by atoms with Gasteiger partial charge in [-0.15, -0.1) is 11.8 Å². The fourth-order valence-electron chi connectivity index (χ4n) is 15.4. The number of aromatic hydroxyl groups is 1. The lowest BCUT2D eigenvalue weighted by Crippen LogP contribution is -2.61. The van der Waals surface area contributed by atoms with Crippen molar-refractivity contribution in [3.8, 4) is 5.75 Å². The quantitative estimate of drug-likeness (QED) is 0.0228. The summed E-state index contributed by atoms with van der Waals surface area (Å²) in [7, 11) is 4.15. The lowest BCUT2D eigenvalue weighted by atomic mass is 9.97. The number of fused-ring (bicyclic) bond motifs is 1. The lowest BCUT2D eigenvalue weighted by Gasteiger charge is -2.38. The molecule has 5 aromatic rings. The van der Waals surface area contributed by atoms with Gasteiger partial charge in [0.1, 0.15) is 84.3 Å². The van der Waals surface area contributed by atoms with E-state index < -0.39 is 209 Å². The van der Waals surface area contributed by atoms with Gasteiger partial charge in [-0.25, -0.2) is 4.39 Å². The Balaban J connectivity index is 1.13. The number of aldehydes is 1. The number of nitrogens with two attached hydrogens (primary N) is 4. The van der Waals surface area contributed by atoms with Gasteiger partial charge in [-0.05, 0) is 122 Å². The van der Waals surface area contributed by atoms with Crippen LogP contribution in [0.15, 0.2) is 109 Å². The number of likely N-dealkylation sites (N-methyl/N-ethyl adjacent to an activating group) is 3. The first kappa shape index (κ1) is 102. The molecule has 0 saturated carbocycles. The monoisotopic (exact) mass is 1780 g/mol. The Labute approximate surface area is 740 Å². The van der Waals surface area contributed by atoms with Crippen molar-refractivity contribution in [2.24, 2.45) is 34.8 Å². The Morgan fingerprint density at radius 3 is 1.71 bits per heavy atom. The largest absolute Gasteiger partial charge is 0.508 e. The van der Waals surface area contributed by atoms with E-state index in [1.165, 1.54) is 77.1 Å². The number of nitrogens with one attached hydrogen (secondary N) is 9. The molecule has 0 spiro atoms. The number of hydrogen-bond donors (Lipinski definition) is 15. The minimum Gasteiger partial charge on any atom is -0.508 e.